The smallest absolute Gasteiger partial charge is 0.336 e. The second-order valence-corrected chi connectivity index (χ2v) is 8.10. The molecule has 32 heavy (non-hydrogen) atoms. The molecule has 0 saturated carbocycles. The maximum absolute atomic E-state index is 13.1. The molecule has 3 heterocycles. The number of nitro benzene ring substituents is 1. The number of aromatic nitrogens is 1. The van der Waals surface area contributed by atoms with E-state index in [1.807, 2.05) is 42.6 Å². The molecule has 2 aromatic heterocycles. The van der Waals surface area contributed by atoms with Crippen molar-refractivity contribution in [1.29, 1.82) is 0 Å². The van der Waals surface area contributed by atoms with Crippen LogP contribution in [0.3, 0.4) is 0 Å². The van der Waals surface area contributed by atoms with E-state index in [4.69, 9.17) is 4.74 Å². The van der Waals surface area contributed by atoms with E-state index in [9.17, 15) is 14.9 Å². The summed E-state index contributed by atoms with van der Waals surface area (Å²) in [5.41, 5.74) is 3.89. The van der Waals surface area contributed by atoms with E-state index in [0.29, 0.717) is 22.5 Å². The number of hydrogen-bond donors (Lipinski definition) is 1. The van der Waals surface area contributed by atoms with Crippen LogP contribution in [0.25, 0.3) is 11.3 Å². The van der Waals surface area contributed by atoms with Crippen LogP contribution in [0.15, 0.2) is 77.4 Å². The molecule has 0 spiro atoms. The molecule has 4 rings (SSSR count). The van der Waals surface area contributed by atoms with E-state index in [1.54, 1.807) is 36.6 Å². The molecule has 1 aromatic carbocycles. The summed E-state index contributed by atoms with van der Waals surface area (Å²) in [6.45, 7) is 3.79. The molecule has 7 nitrogen and oxygen atoms in total. The lowest BCUT2D eigenvalue weighted by Crippen LogP contribution is -2.29. The molecule has 0 amide bonds. The van der Waals surface area contributed by atoms with Gasteiger partial charge < -0.3 is 10.1 Å². The minimum absolute atomic E-state index is 0.0417. The first-order chi connectivity index (χ1) is 15.5. The van der Waals surface area contributed by atoms with E-state index in [-0.39, 0.29) is 12.3 Å². The van der Waals surface area contributed by atoms with Crippen LogP contribution in [0.4, 0.5) is 5.69 Å². The average molecular weight is 448 g/mol. The van der Waals surface area contributed by atoms with Crippen molar-refractivity contribution in [2.24, 2.45) is 0 Å². The zero-order chi connectivity index (χ0) is 22.7. The Morgan fingerprint density at radius 2 is 2.06 bits per heavy atom. The van der Waals surface area contributed by atoms with Gasteiger partial charge in [0.2, 0.25) is 0 Å². The minimum atomic E-state index is -0.595. The van der Waals surface area contributed by atoms with E-state index in [2.05, 4.69) is 10.3 Å². The molecule has 1 aliphatic heterocycles. The van der Waals surface area contributed by atoms with Crippen LogP contribution in [0.2, 0.25) is 0 Å². The van der Waals surface area contributed by atoms with Gasteiger partial charge in [-0.15, -0.1) is 11.3 Å². The summed E-state index contributed by atoms with van der Waals surface area (Å²) in [7, 11) is 0. The molecular formula is C24H21N3O4S. The number of pyridine rings is 1. The Labute approximate surface area is 189 Å². The first kappa shape index (κ1) is 21.5. The Morgan fingerprint density at radius 1 is 1.22 bits per heavy atom. The fraction of sp³-hybridized carbons (Fsp3) is 0.167. The van der Waals surface area contributed by atoms with Crippen molar-refractivity contribution in [2.45, 2.75) is 19.8 Å². The number of nitrogens with zero attached hydrogens (tertiary/aromatic N) is 2. The quantitative estimate of drug-likeness (QED) is 0.319. The largest absolute Gasteiger partial charge is 0.463 e. The van der Waals surface area contributed by atoms with Gasteiger partial charge in [0.1, 0.15) is 0 Å². The van der Waals surface area contributed by atoms with Crippen LogP contribution in [0.1, 0.15) is 35.9 Å². The van der Waals surface area contributed by atoms with Gasteiger partial charge in [-0.3, -0.25) is 15.1 Å². The standard InChI is InChI=1S/C24H21N3O4S/c1-3-31-24(28)20-15(2)26-23(19-11-7-13-32-19)22(18-10-4-5-12-25-18)21(20)16-8-6-9-17(14-16)27(29)30/h4-14,21,26H,3H2,1-2H3. The van der Waals surface area contributed by atoms with Crippen LogP contribution in [0, 0.1) is 10.1 Å². The molecule has 0 fully saturated rings. The van der Waals surface area contributed by atoms with Crippen molar-refractivity contribution in [1.82, 2.24) is 10.3 Å². The first-order valence-electron chi connectivity index (χ1n) is 10.1. The van der Waals surface area contributed by atoms with Crippen LogP contribution in [-0.4, -0.2) is 22.5 Å². The average Bonchev–Trinajstić information content (AvgIpc) is 3.34. The maximum atomic E-state index is 13.1. The fourth-order valence-corrected chi connectivity index (χ4v) is 4.61. The van der Waals surface area contributed by atoms with Crippen molar-refractivity contribution in [3.63, 3.8) is 0 Å². The number of benzene rings is 1. The highest BCUT2D eigenvalue weighted by molar-refractivity contribution is 7.11. The summed E-state index contributed by atoms with van der Waals surface area (Å²) in [6, 6.07) is 15.9. The monoisotopic (exact) mass is 447 g/mol. The molecule has 1 atom stereocenters. The molecule has 0 aliphatic carbocycles. The van der Waals surface area contributed by atoms with Crippen molar-refractivity contribution in [2.75, 3.05) is 6.61 Å². The van der Waals surface area contributed by atoms with E-state index in [0.717, 1.165) is 16.1 Å². The molecular weight excluding hydrogens is 426 g/mol. The summed E-state index contributed by atoms with van der Waals surface area (Å²) in [6.07, 6.45) is 1.69. The van der Waals surface area contributed by atoms with Crippen LogP contribution < -0.4 is 5.32 Å². The Kier molecular flexibility index (Phi) is 6.13. The van der Waals surface area contributed by atoms with Crippen molar-refractivity contribution in [3.8, 4) is 0 Å². The topological polar surface area (TPSA) is 94.4 Å². The second-order valence-electron chi connectivity index (χ2n) is 7.15. The van der Waals surface area contributed by atoms with Crippen LogP contribution in [-0.2, 0) is 9.53 Å². The van der Waals surface area contributed by atoms with E-state index >= 15 is 0 Å². The van der Waals surface area contributed by atoms with Gasteiger partial charge in [0, 0.05) is 35.5 Å². The van der Waals surface area contributed by atoms with Gasteiger partial charge in [-0.25, -0.2) is 4.79 Å². The van der Waals surface area contributed by atoms with Gasteiger partial charge in [-0.05, 0) is 43.0 Å². The Morgan fingerprint density at radius 3 is 2.72 bits per heavy atom. The number of allylic oxidation sites excluding steroid dienone is 2. The number of thiophene rings is 1. The summed E-state index contributed by atoms with van der Waals surface area (Å²) in [4.78, 5) is 29.7. The maximum Gasteiger partial charge on any atom is 0.336 e. The SMILES string of the molecule is CCOC(=O)C1=C(C)NC(c2cccs2)=C(c2ccccn2)C1c1cccc([N+](=O)[O-])c1. The van der Waals surface area contributed by atoms with Gasteiger partial charge in [0.05, 0.1) is 33.4 Å². The lowest BCUT2D eigenvalue weighted by molar-refractivity contribution is -0.384. The number of nitrogens with one attached hydrogen (secondary N) is 1. The molecule has 162 valence electrons. The highest BCUT2D eigenvalue weighted by atomic mass is 32.1. The Hall–Kier alpha value is -3.78. The summed E-state index contributed by atoms with van der Waals surface area (Å²) < 4.78 is 5.38. The van der Waals surface area contributed by atoms with Gasteiger partial charge in [0.15, 0.2) is 0 Å². The van der Waals surface area contributed by atoms with Crippen LogP contribution >= 0.6 is 11.3 Å². The number of hydrogen-bond acceptors (Lipinski definition) is 7. The lowest BCUT2D eigenvalue weighted by atomic mass is 9.78. The summed E-state index contributed by atoms with van der Waals surface area (Å²) in [5.74, 6) is -1.06. The predicted molar refractivity (Wildman–Crippen MR) is 124 cm³/mol. The molecule has 1 aliphatic rings. The second kappa shape index (κ2) is 9.15. The van der Waals surface area contributed by atoms with Gasteiger partial charge in [0.25, 0.3) is 5.69 Å². The lowest BCUT2D eigenvalue weighted by Gasteiger charge is -2.32. The van der Waals surface area contributed by atoms with Crippen LogP contribution in [0.5, 0.6) is 0 Å². The normalized spacial score (nSPS) is 16.0. The molecule has 1 N–H and O–H groups in total. The number of nitro groups is 1. The number of carbonyl (C=O) groups is 1. The molecule has 0 bridgehead atoms. The van der Waals surface area contributed by atoms with E-state index < -0.39 is 16.8 Å². The Bertz CT molecular complexity index is 1220. The van der Waals surface area contributed by atoms with Crippen molar-refractivity contribution < 1.29 is 14.5 Å². The van der Waals surface area contributed by atoms with Gasteiger partial charge >= 0.3 is 5.97 Å². The highest BCUT2D eigenvalue weighted by Crippen LogP contribution is 2.46. The van der Waals surface area contributed by atoms with Gasteiger partial charge in [-0.2, -0.15) is 0 Å². The minimum Gasteiger partial charge on any atom is -0.463 e. The fourth-order valence-electron chi connectivity index (χ4n) is 3.87. The molecule has 0 radical (unpaired) electrons. The number of esters is 1. The summed E-state index contributed by atoms with van der Waals surface area (Å²) in [5, 5.41) is 16.9. The third-order valence-electron chi connectivity index (χ3n) is 5.18. The number of non-ortho nitro benzene ring substituents is 1. The first-order valence-corrected chi connectivity index (χ1v) is 11.0. The number of ether oxygens (including phenoxy) is 1. The zero-order valence-electron chi connectivity index (χ0n) is 17.6. The molecule has 3 aromatic rings. The highest BCUT2D eigenvalue weighted by Gasteiger charge is 2.37. The third kappa shape index (κ3) is 4.04. The third-order valence-corrected chi connectivity index (χ3v) is 6.07. The predicted octanol–water partition coefficient (Wildman–Crippen LogP) is 5.14. The zero-order valence-corrected chi connectivity index (χ0v) is 18.4. The van der Waals surface area contributed by atoms with Gasteiger partial charge in [-0.1, -0.05) is 24.3 Å². The summed E-state index contributed by atoms with van der Waals surface area (Å²) >= 11 is 1.56. The number of carbonyl (C=O) groups excluding carboxylic acids is 1. The molecule has 8 heteroatoms. The molecule has 1 unspecified atom stereocenters. The van der Waals surface area contributed by atoms with E-state index in [1.165, 1.54) is 12.1 Å². The van der Waals surface area contributed by atoms with Crippen molar-refractivity contribution in [3.05, 3.63) is 104 Å². The number of dihydropyridines is 1. The molecule has 0 saturated heterocycles. The number of rotatable bonds is 6. The van der Waals surface area contributed by atoms with Crippen molar-refractivity contribution >= 4 is 34.3 Å². The Balaban J connectivity index is 2.02.